The molecule has 2 N–H and O–H groups in total. The van der Waals surface area contributed by atoms with E-state index in [0.29, 0.717) is 11.1 Å². The third-order valence-corrected chi connectivity index (χ3v) is 3.29. The van der Waals surface area contributed by atoms with Gasteiger partial charge in [0, 0.05) is 23.2 Å². The normalized spacial score (nSPS) is 10.8. The Hall–Kier alpha value is -2.66. The van der Waals surface area contributed by atoms with Gasteiger partial charge in [0.1, 0.15) is 5.52 Å². The molecule has 0 aliphatic rings. The number of aliphatic hydroxyl groups is 1. The molecule has 3 rings (SSSR count). The Labute approximate surface area is 114 Å². The monoisotopic (exact) mass is 268 g/mol. The van der Waals surface area contributed by atoms with Gasteiger partial charge < -0.3 is 10.1 Å². The van der Waals surface area contributed by atoms with Gasteiger partial charge in [-0.2, -0.15) is 0 Å². The zero-order valence-corrected chi connectivity index (χ0v) is 10.5. The molecule has 100 valence electrons. The Balaban J connectivity index is 2.31. The average molecular weight is 268 g/mol. The van der Waals surface area contributed by atoms with E-state index in [2.05, 4.69) is 4.98 Å². The predicted octanol–water partition coefficient (Wildman–Crippen LogP) is 3.24. The molecule has 0 unspecified atom stereocenters. The Morgan fingerprint density at radius 1 is 1.20 bits per heavy atom. The number of nitrogens with one attached hydrogen (secondary N) is 1. The molecule has 2 aromatic carbocycles. The molecule has 0 amide bonds. The molecule has 0 aliphatic carbocycles. The average Bonchev–Trinajstić information content (AvgIpc) is 2.90. The number of nitro benzene ring substituents is 1. The van der Waals surface area contributed by atoms with Crippen LogP contribution < -0.4 is 0 Å². The third kappa shape index (κ3) is 1.94. The van der Waals surface area contributed by atoms with Gasteiger partial charge in [-0.1, -0.05) is 30.3 Å². The Morgan fingerprint density at radius 2 is 1.95 bits per heavy atom. The number of aromatic nitrogens is 1. The second kappa shape index (κ2) is 4.79. The topological polar surface area (TPSA) is 79.2 Å². The quantitative estimate of drug-likeness (QED) is 0.565. The number of hydrogen-bond acceptors (Lipinski definition) is 3. The molecule has 0 radical (unpaired) electrons. The highest BCUT2D eigenvalue weighted by atomic mass is 16.6. The zero-order valence-electron chi connectivity index (χ0n) is 10.5. The summed E-state index contributed by atoms with van der Waals surface area (Å²) in [6, 6.07) is 12.8. The summed E-state index contributed by atoms with van der Waals surface area (Å²) in [6.07, 6.45) is 1.76. The highest BCUT2D eigenvalue weighted by molar-refractivity contribution is 6.00. The Bertz CT molecular complexity index is 778. The Kier molecular flexibility index (Phi) is 2.96. The molecule has 0 atom stereocenters. The minimum atomic E-state index is -0.438. The van der Waals surface area contributed by atoms with E-state index in [1.165, 1.54) is 6.07 Å². The predicted molar refractivity (Wildman–Crippen MR) is 76.3 cm³/mol. The van der Waals surface area contributed by atoms with Gasteiger partial charge in [0.15, 0.2) is 0 Å². The summed E-state index contributed by atoms with van der Waals surface area (Å²) >= 11 is 0. The molecule has 0 aliphatic heterocycles. The maximum Gasteiger partial charge on any atom is 0.293 e. The number of rotatable bonds is 3. The molecule has 5 heteroatoms. The van der Waals surface area contributed by atoms with Crippen molar-refractivity contribution in [1.82, 2.24) is 4.98 Å². The summed E-state index contributed by atoms with van der Waals surface area (Å²) in [6.45, 7) is -0.226. The van der Waals surface area contributed by atoms with Crippen LogP contribution in [0.1, 0.15) is 5.56 Å². The van der Waals surface area contributed by atoms with E-state index in [-0.39, 0.29) is 12.3 Å². The number of nitro groups is 1. The zero-order chi connectivity index (χ0) is 14.1. The van der Waals surface area contributed by atoms with E-state index in [4.69, 9.17) is 0 Å². The van der Waals surface area contributed by atoms with Crippen molar-refractivity contribution in [3.8, 4) is 11.1 Å². The first-order chi connectivity index (χ1) is 9.70. The van der Waals surface area contributed by atoms with Gasteiger partial charge in [0.05, 0.1) is 11.5 Å². The highest BCUT2D eigenvalue weighted by Gasteiger charge is 2.17. The lowest BCUT2D eigenvalue weighted by Gasteiger charge is -2.02. The fourth-order valence-corrected chi connectivity index (χ4v) is 2.36. The van der Waals surface area contributed by atoms with Gasteiger partial charge in [-0.25, -0.2) is 0 Å². The summed E-state index contributed by atoms with van der Waals surface area (Å²) in [5, 5.41) is 21.1. The van der Waals surface area contributed by atoms with Crippen molar-refractivity contribution in [3.05, 3.63) is 64.3 Å². The van der Waals surface area contributed by atoms with Crippen LogP contribution in [0.15, 0.2) is 48.7 Å². The number of aromatic amines is 1. The maximum absolute atomic E-state index is 11.1. The fraction of sp³-hybridized carbons (Fsp3) is 0.0667. The number of non-ortho nitro benzene ring substituents is 1. The summed E-state index contributed by atoms with van der Waals surface area (Å²) in [4.78, 5) is 13.7. The van der Waals surface area contributed by atoms with E-state index in [1.807, 2.05) is 30.3 Å². The van der Waals surface area contributed by atoms with Crippen LogP contribution in [0.3, 0.4) is 0 Å². The first-order valence-electron chi connectivity index (χ1n) is 6.15. The van der Waals surface area contributed by atoms with Crippen LogP contribution >= 0.6 is 0 Å². The Morgan fingerprint density at radius 3 is 2.60 bits per heavy atom. The van der Waals surface area contributed by atoms with Crippen LogP contribution in [0.5, 0.6) is 0 Å². The molecule has 1 heterocycles. The van der Waals surface area contributed by atoms with Gasteiger partial charge in [0.25, 0.3) is 5.69 Å². The molecule has 20 heavy (non-hydrogen) atoms. The van der Waals surface area contributed by atoms with Crippen molar-refractivity contribution >= 4 is 16.6 Å². The summed E-state index contributed by atoms with van der Waals surface area (Å²) in [7, 11) is 0. The third-order valence-electron chi connectivity index (χ3n) is 3.29. The fourth-order valence-electron chi connectivity index (χ4n) is 2.36. The van der Waals surface area contributed by atoms with E-state index in [9.17, 15) is 15.2 Å². The molecule has 1 aromatic heterocycles. The number of H-pyrrole nitrogens is 1. The van der Waals surface area contributed by atoms with Crippen molar-refractivity contribution < 1.29 is 10.0 Å². The number of nitrogens with zero attached hydrogens (tertiary/aromatic N) is 1. The van der Waals surface area contributed by atoms with Gasteiger partial charge >= 0.3 is 0 Å². The van der Waals surface area contributed by atoms with Crippen molar-refractivity contribution in [2.24, 2.45) is 0 Å². The van der Waals surface area contributed by atoms with Crippen LogP contribution in [0.25, 0.3) is 22.0 Å². The second-order valence-corrected chi connectivity index (χ2v) is 4.52. The van der Waals surface area contributed by atoms with Crippen molar-refractivity contribution in [2.75, 3.05) is 0 Å². The number of benzene rings is 2. The lowest BCUT2D eigenvalue weighted by atomic mass is 10.0. The van der Waals surface area contributed by atoms with Crippen LogP contribution in [0.4, 0.5) is 5.69 Å². The van der Waals surface area contributed by atoms with Crippen LogP contribution in [-0.2, 0) is 6.61 Å². The summed E-state index contributed by atoms with van der Waals surface area (Å²) in [5.41, 5.74) is 2.85. The summed E-state index contributed by atoms with van der Waals surface area (Å²) < 4.78 is 0. The largest absolute Gasteiger partial charge is 0.392 e. The molecular weight excluding hydrogens is 256 g/mol. The first-order valence-corrected chi connectivity index (χ1v) is 6.15. The summed E-state index contributed by atoms with van der Waals surface area (Å²) in [5.74, 6) is 0. The minimum absolute atomic E-state index is 0.0197. The molecule has 0 bridgehead atoms. The molecule has 0 saturated heterocycles. The minimum Gasteiger partial charge on any atom is -0.392 e. The van der Waals surface area contributed by atoms with Gasteiger partial charge in [-0.3, -0.25) is 10.1 Å². The van der Waals surface area contributed by atoms with Crippen LogP contribution in [0, 0.1) is 10.1 Å². The molecule has 0 saturated carbocycles. The van der Waals surface area contributed by atoms with Crippen LogP contribution in [-0.4, -0.2) is 15.0 Å². The van der Waals surface area contributed by atoms with E-state index in [0.717, 1.165) is 16.5 Å². The van der Waals surface area contributed by atoms with Crippen molar-refractivity contribution in [1.29, 1.82) is 0 Å². The molecule has 0 spiro atoms. The first kappa shape index (κ1) is 12.4. The van der Waals surface area contributed by atoms with E-state index in [1.54, 1.807) is 12.3 Å². The number of aliphatic hydroxyl groups excluding tert-OH is 1. The smallest absolute Gasteiger partial charge is 0.293 e. The van der Waals surface area contributed by atoms with Crippen molar-refractivity contribution in [3.63, 3.8) is 0 Å². The lowest BCUT2D eigenvalue weighted by Crippen LogP contribution is -1.92. The second-order valence-electron chi connectivity index (χ2n) is 4.52. The van der Waals surface area contributed by atoms with Gasteiger partial charge in [-0.05, 0) is 17.2 Å². The molecular formula is C15H12N2O3. The van der Waals surface area contributed by atoms with Crippen molar-refractivity contribution in [2.45, 2.75) is 6.61 Å². The molecule has 5 nitrogen and oxygen atoms in total. The highest BCUT2D eigenvalue weighted by Crippen LogP contribution is 2.34. The molecule has 3 aromatic rings. The van der Waals surface area contributed by atoms with Crippen LogP contribution in [0.2, 0.25) is 0 Å². The number of fused-ring (bicyclic) bond motifs is 1. The van der Waals surface area contributed by atoms with Gasteiger partial charge in [-0.15, -0.1) is 0 Å². The van der Waals surface area contributed by atoms with Gasteiger partial charge in [0.2, 0.25) is 0 Å². The standard InChI is InChI=1S/C15H12N2O3/c18-9-10-6-12-13(11-4-2-1-3-5-11)8-16-15(12)14(7-10)17(19)20/h1-8,16,18H,9H2. The molecule has 0 fully saturated rings. The maximum atomic E-state index is 11.1. The van der Waals surface area contributed by atoms with E-state index >= 15 is 0 Å². The SMILES string of the molecule is O=[N+]([O-])c1cc(CO)cc2c(-c3ccccc3)c[nH]c12. The number of hydrogen-bond donors (Lipinski definition) is 2. The van der Waals surface area contributed by atoms with E-state index < -0.39 is 4.92 Å². The lowest BCUT2D eigenvalue weighted by molar-refractivity contribution is -0.383.